The van der Waals surface area contributed by atoms with Crippen molar-refractivity contribution in [3.63, 3.8) is 0 Å². The van der Waals surface area contributed by atoms with E-state index in [-0.39, 0.29) is 29.9 Å². The topological polar surface area (TPSA) is 101 Å². The van der Waals surface area contributed by atoms with E-state index in [0.717, 1.165) is 31.6 Å². The summed E-state index contributed by atoms with van der Waals surface area (Å²) in [5.74, 6) is 0.494. The molecule has 3 aromatic heterocycles. The fraction of sp³-hybridized carbons (Fsp3) is 0.391. The van der Waals surface area contributed by atoms with Crippen LogP contribution in [0.1, 0.15) is 30.1 Å². The zero-order valence-corrected chi connectivity index (χ0v) is 17.9. The van der Waals surface area contributed by atoms with Gasteiger partial charge in [-0.3, -0.25) is 19.5 Å². The summed E-state index contributed by atoms with van der Waals surface area (Å²) >= 11 is 0. The van der Waals surface area contributed by atoms with Gasteiger partial charge in [0.15, 0.2) is 18.2 Å². The molecule has 0 bridgehead atoms. The molecule has 170 valence electrons. The van der Waals surface area contributed by atoms with Gasteiger partial charge in [-0.1, -0.05) is 0 Å². The maximum atomic E-state index is 14.8. The lowest BCUT2D eigenvalue weighted by Crippen LogP contribution is -2.44. The molecule has 0 radical (unpaired) electrons. The number of aromatic nitrogens is 3. The standard InChI is InChI=1S/C23H23FN6O3/c24-15-10-26-16-2-4-20(32)30-11-17(21(15)22(16)30)29-7-5-13(6-8-29)25-9-14-1-3-18-23(27-14)28-19(31)12-33-18/h1-4,10,13,17,25H,5-9,11-12H2,(H,27,28,31). The van der Waals surface area contributed by atoms with Gasteiger partial charge >= 0.3 is 0 Å². The third kappa shape index (κ3) is 3.55. The van der Waals surface area contributed by atoms with Crippen LogP contribution in [0.25, 0.3) is 11.0 Å². The van der Waals surface area contributed by atoms with Crippen molar-refractivity contribution in [1.82, 2.24) is 24.8 Å². The molecule has 3 aliphatic heterocycles. The highest BCUT2D eigenvalue weighted by Crippen LogP contribution is 2.37. The number of halogens is 1. The summed E-state index contributed by atoms with van der Waals surface area (Å²) in [6.45, 7) is 2.66. The Morgan fingerprint density at radius 1 is 1.18 bits per heavy atom. The van der Waals surface area contributed by atoms with E-state index in [1.54, 1.807) is 10.6 Å². The fourth-order valence-electron chi connectivity index (χ4n) is 5.09. The van der Waals surface area contributed by atoms with Gasteiger partial charge in [0.1, 0.15) is 5.82 Å². The van der Waals surface area contributed by atoms with Gasteiger partial charge in [0.2, 0.25) is 0 Å². The number of carbonyl (C=O) groups excluding carboxylic acids is 1. The molecular formula is C23H23FN6O3. The molecule has 1 unspecified atom stereocenters. The molecule has 0 saturated carbocycles. The second-order valence-electron chi connectivity index (χ2n) is 8.73. The Balaban J connectivity index is 1.11. The molecule has 1 amide bonds. The number of pyridine rings is 3. The number of carbonyl (C=O) groups is 1. The van der Waals surface area contributed by atoms with Gasteiger partial charge in [-0.05, 0) is 31.0 Å². The Morgan fingerprint density at radius 2 is 2.03 bits per heavy atom. The van der Waals surface area contributed by atoms with Gasteiger partial charge in [-0.25, -0.2) is 9.37 Å². The maximum absolute atomic E-state index is 14.8. The third-order valence-corrected chi connectivity index (χ3v) is 6.76. The summed E-state index contributed by atoms with van der Waals surface area (Å²) in [6.07, 6.45) is 3.07. The number of ether oxygens (including phenoxy) is 1. The quantitative estimate of drug-likeness (QED) is 0.622. The molecule has 9 nitrogen and oxygen atoms in total. The Morgan fingerprint density at radius 3 is 2.88 bits per heavy atom. The molecule has 6 rings (SSSR count). The van der Waals surface area contributed by atoms with Crippen molar-refractivity contribution in [2.24, 2.45) is 0 Å². The van der Waals surface area contributed by atoms with Crippen LogP contribution >= 0.6 is 0 Å². The van der Waals surface area contributed by atoms with Crippen LogP contribution in [0.3, 0.4) is 0 Å². The van der Waals surface area contributed by atoms with Crippen LogP contribution < -0.4 is 20.9 Å². The van der Waals surface area contributed by atoms with E-state index < -0.39 is 0 Å². The van der Waals surface area contributed by atoms with Gasteiger partial charge in [0, 0.05) is 43.9 Å². The number of hydrogen-bond donors (Lipinski definition) is 2. The van der Waals surface area contributed by atoms with Gasteiger partial charge in [-0.15, -0.1) is 0 Å². The zero-order valence-electron chi connectivity index (χ0n) is 17.9. The first-order valence-electron chi connectivity index (χ1n) is 11.1. The first-order valence-corrected chi connectivity index (χ1v) is 11.1. The van der Waals surface area contributed by atoms with Gasteiger partial charge in [-0.2, -0.15) is 0 Å². The number of hydrogen-bond acceptors (Lipinski definition) is 7. The van der Waals surface area contributed by atoms with Gasteiger partial charge < -0.3 is 19.9 Å². The first-order chi connectivity index (χ1) is 16.1. The number of likely N-dealkylation sites (tertiary alicyclic amines) is 1. The minimum atomic E-state index is -0.348. The summed E-state index contributed by atoms with van der Waals surface area (Å²) in [5, 5.41) is 6.27. The molecule has 1 atom stereocenters. The van der Waals surface area contributed by atoms with Crippen LogP contribution in [0.2, 0.25) is 0 Å². The smallest absolute Gasteiger partial charge is 0.263 e. The van der Waals surface area contributed by atoms with Crippen molar-refractivity contribution in [3.8, 4) is 5.75 Å². The lowest BCUT2D eigenvalue weighted by atomic mass is 10.00. The fourth-order valence-corrected chi connectivity index (χ4v) is 5.09. The molecule has 0 aliphatic carbocycles. The average molecular weight is 450 g/mol. The Labute approximate surface area is 188 Å². The van der Waals surface area contributed by atoms with Crippen LogP contribution in [-0.4, -0.2) is 51.1 Å². The second-order valence-corrected chi connectivity index (χ2v) is 8.73. The largest absolute Gasteiger partial charge is 0.480 e. The number of nitrogens with zero attached hydrogens (tertiary/aromatic N) is 4. The van der Waals surface area contributed by atoms with E-state index in [2.05, 4.69) is 25.5 Å². The summed E-state index contributed by atoms with van der Waals surface area (Å²) in [4.78, 5) is 34.8. The molecule has 33 heavy (non-hydrogen) atoms. The minimum Gasteiger partial charge on any atom is -0.480 e. The van der Waals surface area contributed by atoms with E-state index in [1.165, 1.54) is 12.3 Å². The van der Waals surface area contributed by atoms with Crippen LogP contribution in [0.4, 0.5) is 10.2 Å². The zero-order chi connectivity index (χ0) is 22.5. The SMILES string of the molecule is O=C1COc2ccc(CNC3CCN(C4Cn5c(=O)ccc6ncc(F)c4c65)CC3)nc2N1. The van der Waals surface area contributed by atoms with Crippen molar-refractivity contribution >= 4 is 22.8 Å². The van der Waals surface area contributed by atoms with E-state index in [1.807, 2.05) is 12.1 Å². The number of piperidine rings is 1. The highest BCUT2D eigenvalue weighted by Gasteiger charge is 2.35. The molecule has 1 saturated heterocycles. The number of anilines is 1. The number of amides is 1. The van der Waals surface area contributed by atoms with Gasteiger partial charge in [0.25, 0.3) is 11.5 Å². The number of nitrogens with one attached hydrogen (secondary N) is 2. The van der Waals surface area contributed by atoms with Crippen molar-refractivity contribution in [2.45, 2.75) is 38.0 Å². The second kappa shape index (κ2) is 7.89. The molecule has 2 N–H and O–H groups in total. The first kappa shape index (κ1) is 20.3. The average Bonchev–Trinajstić information content (AvgIpc) is 3.24. The predicted octanol–water partition coefficient (Wildman–Crippen LogP) is 1.57. The molecule has 1 fully saturated rings. The molecule has 0 aromatic carbocycles. The Kier molecular flexibility index (Phi) is 4.84. The van der Waals surface area contributed by atoms with E-state index in [4.69, 9.17) is 4.74 Å². The van der Waals surface area contributed by atoms with E-state index >= 15 is 0 Å². The monoisotopic (exact) mass is 450 g/mol. The predicted molar refractivity (Wildman–Crippen MR) is 118 cm³/mol. The summed E-state index contributed by atoms with van der Waals surface area (Å²) < 4.78 is 21.8. The lowest BCUT2D eigenvalue weighted by molar-refractivity contribution is -0.118. The summed E-state index contributed by atoms with van der Waals surface area (Å²) in [7, 11) is 0. The van der Waals surface area contributed by atoms with Crippen molar-refractivity contribution in [3.05, 3.63) is 57.9 Å². The van der Waals surface area contributed by atoms with E-state index in [9.17, 15) is 14.0 Å². The highest BCUT2D eigenvalue weighted by atomic mass is 19.1. The van der Waals surface area contributed by atoms with Crippen LogP contribution in [0.5, 0.6) is 5.75 Å². The third-order valence-electron chi connectivity index (χ3n) is 6.76. The molecule has 3 aromatic rings. The molecule has 0 spiro atoms. The maximum Gasteiger partial charge on any atom is 0.263 e. The summed E-state index contributed by atoms with van der Waals surface area (Å²) in [5.41, 5.74) is 2.58. The van der Waals surface area contributed by atoms with Gasteiger partial charge in [0.05, 0.1) is 29.0 Å². The molecule has 10 heteroatoms. The lowest BCUT2D eigenvalue weighted by Gasteiger charge is -2.36. The Bertz CT molecular complexity index is 1320. The minimum absolute atomic E-state index is 0.0144. The van der Waals surface area contributed by atoms with Crippen molar-refractivity contribution in [1.29, 1.82) is 0 Å². The molecular weight excluding hydrogens is 427 g/mol. The Hall–Kier alpha value is -3.37. The van der Waals surface area contributed by atoms with Crippen molar-refractivity contribution < 1.29 is 13.9 Å². The van der Waals surface area contributed by atoms with Crippen LogP contribution in [-0.2, 0) is 17.9 Å². The number of fused-ring (bicyclic) bond motifs is 1. The van der Waals surface area contributed by atoms with E-state index in [0.29, 0.717) is 47.3 Å². The van der Waals surface area contributed by atoms with Crippen LogP contribution in [0.15, 0.2) is 35.3 Å². The van der Waals surface area contributed by atoms with Crippen molar-refractivity contribution in [2.75, 3.05) is 25.0 Å². The summed E-state index contributed by atoms with van der Waals surface area (Å²) in [6, 6.07) is 7.04. The number of rotatable bonds is 4. The highest BCUT2D eigenvalue weighted by molar-refractivity contribution is 5.94. The van der Waals surface area contributed by atoms with Crippen LogP contribution in [0, 0.1) is 5.82 Å². The molecule has 6 heterocycles. The molecule has 3 aliphatic rings. The normalized spacial score (nSPS) is 20.5.